The number of H-pyrrole nitrogens is 1. The quantitative estimate of drug-likeness (QED) is 0.616. The number of methoxy groups -OCH3 is 2. The van der Waals surface area contributed by atoms with Crippen molar-refractivity contribution in [1.29, 1.82) is 0 Å². The Labute approximate surface area is 155 Å². The van der Waals surface area contributed by atoms with Gasteiger partial charge in [0.15, 0.2) is 11.5 Å². The summed E-state index contributed by atoms with van der Waals surface area (Å²) in [4.78, 5) is 23.4. The van der Waals surface area contributed by atoms with Crippen LogP contribution in [0.1, 0.15) is 10.7 Å². The first-order valence-corrected chi connectivity index (χ1v) is 9.03. The number of rotatable bonds is 8. The monoisotopic (exact) mass is 371 g/mol. The molecule has 26 heavy (non-hydrogen) atoms. The zero-order chi connectivity index (χ0) is 18.5. The van der Waals surface area contributed by atoms with Gasteiger partial charge in [0.05, 0.1) is 31.7 Å². The first-order chi connectivity index (χ1) is 12.6. The molecular weight excluding hydrogens is 350 g/mol. The summed E-state index contributed by atoms with van der Waals surface area (Å²) in [5, 5.41) is 2.52. The van der Waals surface area contributed by atoms with E-state index in [1.54, 1.807) is 30.6 Å². The van der Waals surface area contributed by atoms with Gasteiger partial charge >= 0.3 is 0 Å². The highest BCUT2D eigenvalue weighted by molar-refractivity contribution is 7.09. The predicted octanol–water partition coefficient (Wildman–Crippen LogP) is 3.19. The minimum atomic E-state index is -0.194. The van der Waals surface area contributed by atoms with Gasteiger partial charge in [-0.15, -0.1) is 17.9 Å². The molecule has 0 spiro atoms. The highest BCUT2D eigenvalue weighted by atomic mass is 32.1. The van der Waals surface area contributed by atoms with Crippen molar-refractivity contribution in [2.24, 2.45) is 0 Å². The molecule has 0 amide bonds. The van der Waals surface area contributed by atoms with Gasteiger partial charge in [-0.1, -0.05) is 12.1 Å². The minimum absolute atomic E-state index is 0.194. The second-order valence-corrected chi connectivity index (χ2v) is 6.81. The Morgan fingerprint density at radius 1 is 1.27 bits per heavy atom. The number of aromatic amines is 1. The summed E-state index contributed by atoms with van der Waals surface area (Å²) in [5.74, 6) is 1.66. The lowest BCUT2D eigenvalue weighted by atomic mass is 10.2. The molecule has 3 aromatic rings. The number of fused-ring (bicyclic) bond motifs is 1. The fraction of sp³-hybridized carbons (Fsp3) is 0.263. The van der Waals surface area contributed by atoms with Crippen LogP contribution in [-0.2, 0) is 13.1 Å². The van der Waals surface area contributed by atoms with Crippen molar-refractivity contribution in [3.63, 3.8) is 0 Å². The molecule has 0 unspecified atom stereocenters. The molecule has 0 saturated heterocycles. The Morgan fingerprint density at radius 3 is 2.69 bits per heavy atom. The zero-order valence-corrected chi connectivity index (χ0v) is 15.6. The molecule has 3 rings (SSSR count). The highest BCUT2D eigenvalue weighted by Gasteiger charge is 2.13. The van der Waals surface area contributed by atoms with E-state index >= 15 is 0 Å². The first kappa shape index (κ1) is 18.2. The molecule has 0 aliphatic rings. The third kappa shape index (κ3) is 3.95. The lowest BCUT2D eigenvalue weighted by Crippen LogP contribution is -2.25. The predicted molar refractivity (Wildman–Crippen MR) is 104 cm³/mol. The Kier molecular flexibility index (Phi) is 5.70. The molecule has 136 valence electrons. The van der Waals surface area contributed by atoms with Crippen LogP contribution in [0.3, 0.4) is 0 Å². The number of nitrogens with one attached hydrogen (secondary N) is 1. The van der Waals surface area contributed by atoms with E-state index in [1.165, 1.54) is 12.0 Å². The Balaban J connectivity index is 1.93. The van der Waals surface area contributed by atoms with Crippen molar-refractivity contribution in [3.05, 3.63) is 63.4 Å². The summed E-state index contributed by atoms with van der Waals surface area (Å²) in [5.41, 5.74) is 0.386. The molecule has 0 bridgehead atoms. The molecule has 2 heterocycles. The normalized spacial score (nSPS) is 11.0. The maximum atomic E-state index is 12.5. The van der Waals surface area contributed by atoms with E-state index in [-0.39, 0.29) is 5.56 Å². The number of benzene rings is 1. The van der Waals surface area contributed by atoms with Crippen molar-refractivity contribution >= 4 is 22.2 Å². The highest BCUT2D eigenvalue weighted by Crippen LogP contribution is 2.30. The van der Waals surface area contributed by atoms with Gasteiger partial charge in [-0.25, -0.2) is 4.98 Å². The first-order valence-electron chi connectivity index (χ1n) is 8.15. The van der Waals surface area contributed by atoms with Gasteiger partial charge in [0.25, 0.3) is 5.56 Å². The standard InChI is InChI=1S/C19H21N3O3S/c1-4-7-22(11-13-6-5-8-26-13)12-18-20-15-10-17(25-3)16(24-2)9-14(15)19(23)21-18/h4-6,8-10H,1,7,11-12H2,2-3H3,(H,20,21,23). The van der Waals surface area contributed by atoms with Crippen LogP contribution in [0, 0.1) is 0 Å². The molecule has 0 saturated carbocycles. The van der Waals surface area contributed by atoms with Crippen molar-refractivity contribution < 1.29 is 9.47 Å². The largest absolute Gasteiger partial charge is 0.493 e. The summed E-state index contributed by atoms with van der Waals surface area (Å²) in [7, 11) is 3.10. The average Bonchev–Trinajstić information content (AvgIpc) is 3.14. The third-order valence-corrected chi connectivity index (χ3v) is 4.84. The number of nitrogens with zero attached hydrogens (tertiary/aromatic N) is 2. The maximum Gasteiger partial charge on any atom is 0.258 e. The molecule has 0 atom stereocenters. The average molecular weight is 371 g/mol. The van der Waals surface area contributed by atoms with E-state index in [4.69, 9.17) is 9.47 Å². The fourth-order valence-corrected chi connectivity index (χ4v) is 3.54. The van der Waals surface area contributed by atoms with E-state index in [0.29, 0.717) is 41.3 Å². The smallest absolute Gasteiger partial charge is 0.258 e. The molecule has 0 fully saturated rings. The van der Waals surface area contributed by atoms with E-state index in [2.05, 4.69) is 32.9 Å². The second-order valence-electron chi connectivity index (χ2n) is 5.77. The lowest BCUT2D eigenvalue weighted by molar-refractivity contribution is 0.281. The Bertz CT molecular complexity index is 951. The molecule has 1 N–H and O–H groups in total. The van der Waals surface area contributed by atoms with Gasteiger partial charge in [0, 0.05) is 24.0 Å². The van der Waals surface area contributed by atoms with Crippen LogP contribution in [0.25, 0.3) is 10.9 Å². The van der Waals surface area contributed by atoms with E-state index in [1.807, 2.05) is 12.1 Å². The van der Waals surface area contributed by atoms with E-state index in [9.17, 15) is 4.79 Å². The van der Waals surface area contributed by atoms with E-state index < -0.39 is 0 Å². The van der Waals surface area contributed by atoms with Crippen LogP contribution in [0.5, 0.6) is 11.5 Å². The summed E-state index contributed by atoms with van der Waals surface area (Å²) < 4.78 is 10.6. The number of hydrogen-bond acceptors (Lipinski definition) is 6. The van der Waals surface area contributed by atoms with Crippen LogP contribution >= 0.6 is 11.3 Å². The summed E-state index contributed by atoms with van der Waals surface area (Å²) in [6, 6.07) is 7.50. The number of aromatic nitrogens is 2. The Hall–Kier alpha value is -2.64. The van der Waals surface area contributed by atoms with Crippen molar-refractivity contribution in [2.75, 3.05) is 20.8 Å². The van der Waals surface area contributed by atoms with Gasteiger partial charge in [-0.3, -0.25) is 9.69 Å². The van der Waals surface area contributed by atoms with Crippen molar-refractivity contribution in [3.8, 4) is 11.5 Å². The van der Waals surface area contributed by atoms with Crippen molar-refractivity contribution in [1.82, 2.24) is 14.9 Å². The Morgan fingerprint density at radius 2 is 2.04 bits per heavy atom. The topological polar surface area (TPSA) is 67.5 Å². The minimum Gasteiger partial charge on any atom is -0.493 e. The molecule has 6 nitrogen and oxygen atoms in total. The molecule has 1 aromatic carbocycles. The summed E-state index contributed by atoms with van der Waals surface area (Å²) in [6.45, 7) is 5.81. The van der Waals surface area contributed by atoms with Gasteiger partial charge in [0.1, 0.15) is 5.82 Å². The number of ether oxygens (including phenoxy) is 2. The fourth-order valence-electron chi connectivity index (χ4n) is 2.79. The van der Waals surface area contributed by atoms with Crippen molar-refractivity contribution in [2.45, 2.75) is 13.1 Å². The molecule has 2 aromatic heterocycles. The maximum absolute atomic E-state index is 12.5. The van der Waals surface area contributed by atoms with Gasteiger partial charge < -0.3 is 14.5 Å². The van der Waals surface area contributed by atoms with Crippen LogP contribution in [-0.4, -0.2) is 35.6 Å². The lowest BCUT2D eigenvalue weighted by Gasteiger charge is -2.19. The second kappa shape index (κ2) is 8.16. The molecule has 0 aliphatic heterocycles. The summed E-state index contributed by atoms with van der Waals surface area (Å²) in [6.07, 6.45) is 1.85. The van der Waals surface area contributed by atoms with E-state index in [0.717, 1.165) is 6.54 Å². The van der Waals surface area contributed by atoms with Gasteiger partial charge in [-0.05, 0) is 17.5 Å². The van der Waals surface area contributed by atoms with Gasteiger partial charge in [-0.2, -0.15) is 0 Å². The van der Waals surface area contributed by atoms with Crippen LogP contribution in [0.15, 0.2) is 47.1 Å². The van der Waals surface area contributed by atoms with Crippen LogP contribution < -0.4 is 15.0 Å². The zero-order valence-electron chi connectivity index (χ0n) is 14.8. The third-order valence-electron chi connectivity index (χ3n) is 3.98. The number of hydrogen-bond donors (Lipinski definition) is 1. The summed E-state index contributed by atoms with van der Waals surface area (Å²) >= 11 is 1.70. The molecule has 7 heteroatoms. The SMILES string of the molecule is C=CCN(Cc1nc2cc(OC)c(OC)cc2c(=O)[nH]1)Cc1cccs1. The van der Waals surface area contributed by atoms with Crippen LogP contribution in [0.2, 0.25) is 0 Å². The van der Waals surface area contributed by atoms with Crippen LogP contribution in [0.4, 0.5) is 0 Å². The number of thiophene rings is 1. The molecular formula is C19H21N3O3S. The van der Waals surface area contributed by atoms with Gasteiger partial charge in [0.2, 0.25) is 0 Å². The molecule has 0 aliphatic carbocycles. The molecule has 0 radical (unpaired) electrons.